The van der Waals surface area contributed by atoms with Crippen molar-refractivity contribution in [3.8, 4) is 0 Å². The highest BCUT2D eigenvalue weighted by Gasteiger charge is 2.29. The Morgan fingerprint density at radius 2 is 1.67 bits per heavy atom. The summed E-state index contributed by atoms with van der Waals surface area (Å²) in [5.74, 6) is 1.21. The summed E-state index contributed by atoms with van der Waals surface area (Å²) < 4.78 is 5.82. The Bertz CT molecular complexity index is 692. The quantitative estimate of drug-likeness (QED) is 0.326. The number of guanidine groups is 1. The lowest BCUT2D eigenvalue weighted by molar-refractivity contribution is -0.122. The average molecular weight is 416 g/mol. The fourth-order valence-corrected chi connectivity index (χ4v) is 3.79. The lowest BCUT2D eigenvalue weighted by atomic mass is 10.1. The van der Waals surface area contributed by atoms with Gasteiger partial charge in [0.15, 0.2) is 5.96 Å². The molecule has 2 fully saturated rings. The Hall–Kier alpha value is -2.12. The normalized spacial score (nSPS) is 22.6. The summed E-state index contributed by atoms with van der Waals surface area (Å²) in [6, 6.07) is 8.71. The van der Waals surface area contributed by atoms with E-state index in [0.29, 0.717) is 31.8 Å². The zero-order valence-corrected chi connectivity index (χ0v) is 18.6. The van der Waals surface area contributed by atoms with E-state index in [1.54, 1.807) is 0 Å². The van der Waals surface area contributed by atoms with Gasteiger partial charge in [0.25, 0.3) is 0 Å². The third kappa shape index (κ3) is 7.61. The van der Waals surface area contributed by atoms with Crippen LogP contribution in [0.3, 0.4) is 0 Å². The van der Waals surface area contributed by atoms with Crippen LogP contribution in [0.25, 0.3) is 0 Å². The maximum Gasteiger partial charge on any atom is 0.223 e. The third-order valence-corrected chi connectivity index (χ3v) is 5.35. The monoisotopic (exact) mass is 415 g/mol. The first-order valence-electron chi connectivity index (χ1n) is 11.3. The van der Waals surface area contributed by atoms with Gasteiger partial charge in [0.2, 0.25) is 5.91 Å². The van der Waals surface area contributed by atoms with Gasteiger partial charge in [-0.2, -0.15) is 0 Å². The molecule has 1 aliphatic heterocycles. The standard InChI is InChI=1S/C23H37N5O2/c1-4-24-23(26-12-11-25-22(29)21-9-10-21)27-13-19-5-7-20(8-6-19)16-28-14-17(2)30-18(3)15-28/h5-8,17-18,21H,4,9-16H2,1-3H3,(H,25,29)(H2,24,26,27). The second kappa shape index (κ2) is 11.3. The first-order chi connectivity index (χ1) is 14.5. The van der Waals surface area contributed by atoms with Crippen LogP contribution in [0.1, 0.15) is 44.7 Å². The maximum atomic E-state index is 11.7. The van der Waals surface area contributed by atoms with E-state index in [2.05, 4.69) is 64.0 Å². The molecule has 0 radical (unpaired) electrons. The predicted octanol–water partition coefficient (Wildman–Crippen LogP) is 1.88. The fourth-order valence-electron chi connectivity index (χ4n) is 3.79. The Morgan fingerprint density at radius 3 is 2.30 bits per heavy atom. The number of nitrogens with one attached hydrogen (secondary N) is 3. The van der Waals surface area contributed by atoms with Gasteiger partial charge in [-0.15, -0.1) is 0 Å². The van der Waals surface area contributed by atoms with Crippen molar-refractivity contribution in [3.05, 3.63) is 35.4 Å². The van der Waals surface area contributed by atoms with E-state index in [1.165, 1.54) is 11.1 Å². The van der Waals surface area contributed by atoms with Crippen LogP contribution >= 0.6 is 0 Å². The van der Waals surface area contributed by atoms with Crippen LogP contribution in [0.2, 0.25) is 0 Å². The number of rotatable bonds is 9. The molecule has 2 aliphatic rings. The summed E-state index contributed by atoms with van der Waals surface area (Å²) in [6.07, 6.45) is 2.66. The van der Waals surface area contributed by atoms with Gasteiger partial charge in [-0.1, -0.05) is 24.3 Å². The number of nitrogens with zero attached hydrogens (tertiary/aromatic N) is 2. The first-order valence-corrected chi connectivity index (χ1v) is 11.3. The van der Waals surface area contributed by atoms with Crippen molar-refractivity contribution in [1.29, 1.82) is 0 Å². The highest BCUT2D eigenvalue weighted by atomic mass is 16.5. The molecule has 2 atom stereocenters. The summed E-state index contributed by atoms with van der Waals surface area (Å²) in [5.41, 5.74) is 2.50. The lowest BCUT2D eigenvalue weighted by Gasteiger charge is -2.35. The molecule has 30 heavy (non-hydrogen) atoms. The van der Waals surface area contributed by atoms with Gasteiger partial charge in [0, 0.05) is 45.2 Å². The van der Waals surface area contributed by atoms with Crippen molar-refractivity contribution in [2.24, 2.45) is 10.9 Å². The van der Waals surface area contributed by atoms with Crippen molar-refractivity contribution in [2.45, 2.75) is 58.9 Å². The van der Waals surface area contributed by atoms with Crippen molar-refractivity contribution in [2.75, 3.05) is 32.7 Å². The molecule has 1 aromatic carbocycles. The molecule has 1 aromatic rings. The summed E-state index contributed by atoms with van der Waals surface area (Å²) in [7, 11) is 0. The predicted molar refractivity (Wildman–Crippen MR) is 120 cm³/mol. The smallest absolute Gasteiger partial charge is 0.223 e. The molecule has 7 nitrogen and oxygen atoms in total. The van der Waals surface area contributed by atoms with Crippen LogP contribution in [-0.4, -0.2) is 61.7 Å². The van der Waals surface area contributed by atoms with Gasteiger partial charge in [0.05, 0.1) is 18.8 Å². The Morgan fingerprint density at radius 1 is 1.03 bits per heavy atom. The molecule has 2 unspecified atom stereocenters. The number of carbonyl (C=O) groups excluding carboxylic acids is 1. The van der Waals surface area contributed by atoms with Crippen LogP contribution in [-0.2, 0) is 22.6 Å². The van der Waals surface area contributed by atoms with Gasteiger partial charge < -0.3 is 20.7 Å². The number of ether oxygens (including phenoxy) is 1. The minimum atomic E-state index is 0.180. The van der Waals surface area contributed by atoms with Crippen molar-refractivity contribution >= 4 is 11.9 Å². The minimum Gasteiger partial charge on any atom is -0.373 e. The number of carbonyl (C=O) groups is 1. The molecule has 1 saturated carbocycles. The van der Waals surface area contributed by atoms with Gasteiger partial charge in [-0.25, -0.2) is 4.99 Å². The van der Waals surface area contributed by atoms with Crippen molar-refractivity contribution < 1.29 is 9.53 Å². The van der Waals surface area contributed by atoms with Crippen LogP contribution in [0.15, 0.2) is 29.3 Å². The van der Waals surface area contributed by atoms with E-state index in [4.69, 9.17) is 4.74 Å². The number of hydrogen-bond acceptors (Lipinski definition) is 4. The fraction of sp³-hybridized carbons (Fsp3) is 0.652. The summed E-state index contributed by atoms with van der Waals surface area (Å²) in [4.78, 5) is 18.8. The largest absolute Gasteiger partial charge is 0.373 e. The van der Waals surface area contributed by atoms with E-state index in [0.717, 1.165) is 45.0 Å². The molecular formula is C23H37N5O2. The molecule has 3 N–H and O–H groups in total. The van der Waals surface area contributed by atoms with E-state index in [9.17, 15) is 4.79 Å². The van der Waals surface area contributed by atoms with Gasteiger partial charge >= 0.3 is 0 Å². The van der Waals surface area contributed by atoms with Gasteiger partial charge in [0.1, 0.15) is 0 Å². The lowest BCUT2D eigenvalue weighted by Crippen LogP contribution is -2.44. The number of amides is 1. The molecular weight excluding hydrogens is 378 g/mol. The molecule has 7 heteroatoms. The molecule has 1 aliphatic carbocycles. The summed E-state index contributed by atoms with van der Waals surface area (Å²) >= 11 is 0. The Kier molecular flexibility index (Phi) is 8.51. The Labute approximate surface area is 180 Å². The molecule has 1 heterocycles. The summed E-state index contributed by atoms with van der Waals surface area (Å²) in [5, 5.41) is 9.51. The summed E-state index contributed by atoms with van der Waals surface area (Å²) in [6.45, 7) is 12.0. The molecule has 0 spiro atoms. The zero-order chi connectivity index (χ0) is 21.3. The SMILES string of the molecule is CCNC(=NCc1ccc(CN2CC(C)OC(C)C2)cc1)NCCNC(=O)C1CC1. The third-order valence-electron chi connectivity index (χ3n) is 5.35. The highest BCUT2D eigenvalue weighted by Crippen LogP contribution is 2.28. The number of hydrogen-bond donors (Lipinski definition) is 3. The molecule has 166 valence electrons. The van der Waals surface area contributed by atoms with E-state index in [-0.39, 0.29) is 11.8 Å². The van der Waals surface area contributed by atoms with Gasteiger partial charge in [-0.05, 0) is 44.7 Å². The molecule has 0 bridgehead atoms. The first kappa shape index (κ1) is 22.6. The zero-order valence-electron chi connectivity index (χ0n) is 18.6. The van der Waals surface area contributed by atoms with Crippen LogP contribution < -0.4 is 16.0 Å². The van der Waals surface area contributed by atoms with Crippen LogP contribution in [0.4, 0.5) is 0 Å². The maximum absolute atomic E-state index is 11.7. The number of aliphatic imine (C=N–C) groups is 1. The number of benzene rings is 1. The van der Waals surface area contributed by atoms with Gasteiger partial charge in [-0.3, -0.25) is 9.69 Å². The molecule has 1 amide bonds. The number of morpholine rings is 1. The second-order valence-electron chi connectivity index (χ2n) is 8.46. The average Bonchev–Trinajstić information content (AvgIpc) is 3.55. The molecule has 3 rings (SSSR count). The van der Waals surface area contributed by atoms with Crippen molar-refractivity contribution in [3.63, 3.8) is 0 Å². The molecule has 0 aromatic heterocycles. The molecule has 1 saturated heterocycles. The minimum absolute atomic E-state index is 0.180. The Balaban J connectivity index is 1.43. The van der Waals surface area contributed by atoms with E-state index in [1.807, 2.05) is 6.92 Å². The highest BCUT2D eigenvalue weighted by molar-refractivity contribution is 5.81. The topological polar surface area (TPSA) is 78.0 Å². The van der Waals surface area contributed by atoms with E-state index >= 15 is 0 Å². The van der Waals surface area contributed by atoms with E-state index < -0.39 is 0 Å². The second-order valence-corrected chi connectivity index (χ2v) is 8.46. The van der Waals surface area contributed by atoms with Crippen LogP contribution in [0, 0.1) is 5.92 Å². The van der Waals surface area contributed by atoms with Crippen molar-refractivity contribution in [1.82, 2.24) is 20.9 Å². The van der Waals surface area contributed by atoms with Crippen LogP contribution in [0.5, 0.6) is 0 Å².